The van der Waals surface area contributed by atoms with Gasteiger partial charge < -0.3 is 20.3 Å². The maximum Gasteiger partial charge on any atom is 0.408 e. The number of hydrogen-bond donors (Lipinski definition) is 3. The van der Waals surface area contributed by atoms with Gasteiger partial charge in [-0.25, -0.2) is 9.59 Å². The van der Waals surface area contributed by atoms with Crippen LogP contribution in [0.4, 0.5) is 4.79 Å². The van der Waals surface area contributed by atoms with Gasteiger partial charge in [-0.05, 0) is 22.3 Å². The fraction of sp³-hybridized carbons (Fsp3) is 0.364. The van der Waals surface area contributed by atoms with Crippen LogP contribution in [-0.2, 0) is 9.53 Å². The normalized spacial score (nSPS) is 24.6. The van der Waals surface area contributed by atoms with Gasteiger partial charge in [0.25, 0.3) is 0 Å². The number of hydrogen-bond acceptors (Lipinski definition) is 4. The summed E-state index contributed by atoms with van der Waals surface area (Å²) in [5.74, 6) is -1.27. The molecule has 6 nitrogen and oxygen atoms in total. The molecule has 1 amide bonds. The maximum atomic E-state index is 12.5. The van der Waals surface area contributed by atoms with Crippen molar-refractivity contribution in [1.29, 1.82) is 0 Å². The molecular weight excluding hydrogens is 358 g/mol. The number of aliphatic hydroxyl groups is 1. The van der Waals surface area contributed by atoms with E-state index in [1.54, 1.807) is 13.8 Å². The van der Waals surface area contributed by atoms with Crippen molar-refractivity contribution in [2.24, 2.45) is 5.41 Å². The highest BCUT2D eigenvalue weighted by atomic mass is 16.5. The molecule has 1 saturated carbocycles. The third-order valence-electron chi connectivity index (χ3n) is 6.46. The van der Waals surface area contributed by atoms with Gasteiger partial charge >= 0.3 is 12.1 Å². The molecule has 2 aromatic carbocycles. The van der Waals surface area contributed by atoms with Gasteiger partial charge in [0.15, 0.2) is 5.54 Å². The molecule has 6 heteroatoms. The highest BCUT2D eigenvalue weighted by molar-refractivity contribution is 5.87. The van der Waals surface area contributed by atoms with Crippen molar-refractivity contribution in [3.63, 3.8) is 0 Å². The molecule has 3 N–H and O–H groups in total. The minimum Gasteiger partial charge on any atom is -0.479 e. The van der Waals surface area contributed by atoms with Gasteiger partial charge in [0.05, 0.1) is 6.10 Å². The Balaban J connectivity index is 1.51. The van der Waals surface area contributed by atoms with Crippen molar-refractivity contribution in [3.8, 4) is 11.1 Å². The summed E-state index contributed by atoms with van der Waals surface area (Å²) in [4.78, 5) is 24.3. The van der Waals surface area contributed by atoms with Gasteiger partial charge in [-0.15, -0.1) is 0 Å². The molecule has 2 aliphatic carbocycles. The fourth-order valence-electron chi connectivity index (χ4n) is 4.40. The average Bonchev–Trinajstić information content (AvgIpc) is 2.99. The van der Waals surface area contributed by atoms with Crippen LogP contribution in [0.15, 0.2) is 48.5 Å². The molecule has 0 spiro atoms. The van der Waals surface area contributed by atoms with Crippen LogP contribution in [0.25, 0.3) is 11.1 Å². The Morgan fingerprint density at radius 3 is 2.07 bits per heavy atom. The van der Waals surface area contributed by atoms with Gasteiger partial charge in [0, 0.05) is 17.8 Å². The number of nitrogens with one attached hydrogen (secondary N) is 1. The Morgan fingerprint density at radius 2 is 1.61 bits per heavy atom. The topological polar surface area (TPSA) is 95.9 Å². The van der Waals surface area contributed by atoms with E-state index >= 15 is 0 Å². The van der Waals surface area contributed by atoms with Gasteiger partial charge in [-0.3, -0.25) is 0 Å². The molecule has 0 bridgehead atoms. The van der Waals surface area contributed by atoms with Gasteiger partial charge in [-0.1, -0.05) is 62.4 Å². The van der Waals surface area contributed by atoms with E-state index in [0.717, 1.165) is 22.3 Å². The van der Waals surface area contributed by atoms with E-state index in [9.17, 15) is 19.8 Å². The monoisotopic (exact) mass is 381 g/mol. The van der Waals surface area contributed by atoms with Gasteiger partial charge in [0.2, 0.25) is 0 Å². The van der Waals surface area contributed by atoms with Gasteiger partial charge in [-0.2, -0.15) is 0 Å². The third kappa shape index (κ3) is 2.52. The number of benzene rings is 2. The largest absolute Gasteiger partial charge is 0.479 e. The number of carboxylic acids is 1. The van der Waals surface area contributed by atoms with Crippen LogP contribution in [0, 0.1) is 5.41 Å². The highest BCUT2D eigenvalue weighted by Crippen LogP contribution is 2.50. The number of alkyl carbamates (subject to hydrolysis) is 1. The van der Waals surface area contributed by atoms with E-state index in [1.165, 1.54) is 0 Å². The predicted molar refractivity (Wildman–Crippen MR) is 103 cm³/mol. The van der Waals surface area contributed by atoms with Crippen molar-refractivity contribution in [2.75, 3.05) is 6.61 Å². The second-order valence-electron chi connectivity index (χ2n) is 8.10. The number of fused-ring (bicyclic) bond motifs is 3. The lowest BCUT2D eigenvalue weighted by Crippen LogP contribution is -2.75. The van der Waals surface area contributed by atoms with Crippen LogP contribution in [0.2, 0.25) is 0 Å². The van der Waals surface area contributed by atoms with E-state index in [-0.39, 0.29) is 18.9 Å². The summed E-state index contributed by atoms with van der Waals surface area (Å²) in [6.45, 7) is 3.36. The van der Waals surface area contributed by atoms with E-state index < -0.39 is 29.1 Å². The summed E-state index contributed by atoms with van der Waals surface area (Å²) >= 11 is 0. The quantitative estimate of drug-likeness (QED) is 0.756. The van der Waals surface area contributed by atoms with Crippen molar-refractivity contribution in [2.45, 2.75) is 37.8 Å². The Labute approximate surface area is 163 Å². The van der Waals surface area contributed by atoms with Crippen LogP contribution >= 0.6 is 0 Å². The molecule has 4 rings (SSSR count). The Hall–Kier alpha value is -2.86. The number of aliphatic hydroxyl groups excluding tert-OH is 1. The number of ether oxygens (including phenoxy) is 1. The molecule has 0 heterocycles. The molecular formula is C22H23NO5. The number of amides is 1. The SMILES string of the molecule is CC1(C)C(O)CC1(NC(=O)OCC1c2ccccc2-c2ccccc21)C(=O)O. The van der Waals surface area contributed by atoms with Crippen molar-refractivity contribution in [3.05, 3.63) is 59.7 Å². The molecule has 0 aliphatic heterocycles. The maximum absolute atomic E-state index is 12.5. The Kier molecular flexibility index (Phi) is 4.19. The van der Waals surface area contributed by atoms with Crippen molar-refractivity contribution < 1.29 is 24.5 Å². The van der Waals surface area contributed by atoms with Crippen LogP contribution in [0.5, 0.6) is 0 Å². The van der Waals surface area contributed by atoms with Crippen LogP contribution < -0.4 is 5.32 Å². The molecule has 0 saturated heterocycles. The van der Waals surface area contributed by atoms with E-state index in [4.69, 9.17) is 4.74 Å². The standard InChI is InChI=1S/C22H23NO5/c1-21(2)18(24)11-22(21,19(25)26)23-20(27)28-12-17-15-9-5-3-7-13(15)14-8-4-6-10-16(14)17/h3-10,17-18,24H,11-12H2,1-2H3,(H,23,27)(H,25,26). The number of carboxylic acid groups (broad SMARTS) is 1. The molecule has 146 valence electrons. The second-order valence-corrected chi connectivity index (χ2v) is 8.10. The van der Waals surface area contributed by atoms with E-state index in [2.05, 4.69) is 5.32 Å². The minimum atomic E-state index is -1.53. The molecule has 1 fully saturated rings. The van der Waals surface area contributed by atoms with Crippen molar-refractivity contribution in [1.82, 2.24) is 5.32 Å². The lowest BCUT2D eigenvalue weighted by molar-refractivity contribution is -0.181. The number of carbonyl (C=O) groups excluding carboxylic acids is 1. The van der Waals surface area contributed by atoms with Crippen molar-refractivity contribution >= 4 is 12.1 Å². The average molecular weight is 381 g/mol. The molecule has 28 heavy (non-hydrogen) atoms. The summed E-state index contributed by atoms with van der Waals surface area (Å²) in [5, 5.41) is 22.1. The summed E-state index contributed by atoms with van der Waals surface area (Å²) < 4.78 is 5.45. The predicted octanol–water partition coefficient (Wildman–Crippen LogP) is 3.14. The molecule has 2 aromatic rings. The van der Waals surface area contributed by atoms with E-state index in [1.807, 2.05) is 48.5 Å². The number of carbonyl (C=O) groups is 2. The number of rotatable bonds is 4. The summed E-state index contributed by atoms with van der Waals surface area (Å²) in [5.41, 5.74) is 1.90. The first-order valence-electron chi connectivity index (χ1n) is 9.32. The zero-order valence-electron chi connectivity index (χ0n) is 15.8. The van der Waals surface area contributed by atoms with E-state index in [0.29, 0.717) is 0 Å². The summed E-state index contributed by atoms with van der Waals surface area (Å²) in [7, 11) is 0. The first-order valence-corrected chi connectivity index (χ1v) is 9.32. The zero-order chi connectivity index (χ0) is 20.1. The first-order chi connectivity index (χ1) is 13.3. The fourth-order valence-corrected chi connectivity index (χ4v) is 4.40. The molecule has 2 atom stereocenters. The third-order valence-corrected chi connectivity index (χ3v) is 6.46. The first kappa shape index (κ1) is 18.5. The molecule has 0 radical (unpaired) electrons. The van der Waals surface area contributed by atoms with Gasteiger partial charge in [0.1, 0.15) is 6.61 Å². The molecule has 0 aromatic heterocycles. The lowest BCUT2D eigenvalue weighted by Gasteiger charge is -2.56. The smallest absolute Gasteiger partial charge is 0.408 e. The number of aliphatic carboxylic acids is 1. The minimum absolute atomic E-state index is 0.0421. The highest BCUT2D eigenvalue weighted by Gasteiger charge is 2.65. The zero-order valence-corrected chi connectivity index (χ0v) is 15.8. The summed E-state index contributed by atoms with van der Waals surface area (Å²) in [6, 6.07) is 16.0. The molecule has 2 unspecified atom stereocenters. The summed E-state index contributed by atoms with van der Waals surface area (Å²) in [6.07, 6.45) is -1.62. The molecule has 2 aliphatic rings. The lowest BCUT2D eigenvalue weighted by atomic mass is 9.54. The van der Waals surface area contributed by atoms with Crippen LogP contribution in [-0.4, -0.2) is 40.5 Å². The Morgan fingerprint density at radius 1 is 1.07 bits per heavy atom. The Bertz CT molecular complexity index is 908. The second kappa shape index (κ2) is 6.34. The van der Waals surface area contributed by atoms with Crippen LogP contribution in [0.1, 0.15) is 37.3 Å². The van der Waals surface area contributed by atoms with Crippen LogP contribution in [0.3, 0.4) is 0 Å².